The van der Waals surface area contributed by atoms with Crippen LogP contribution in [-0.4, -0.2) is 26.5 Å². The van der Waals surface area contributed by atoms with Crippen LogP contribution >= 0.6 is 33.2 Å². The molecule has 1 N–H and O–H groups in total. The molecule has 0 aromatic heterocycles. The fourth-order valence-corrected chi connectivity index (χ4v) is 2.93. The first kappa shape index (κ1) is 15.8. The van der Waals surface area contributed by atoms with Crippen molar-refractivity contribution >= 4 is 49.3 Å². The van der Waals surface area contributed by atoms with Gasteiger partial charge in [0, 0.05) is 6.54 Å². The van der Waals surface area contributed by atoms with Crippen molar-refractivity contribution in [2.75, 3.05) is 6.54 Å². The molecule has 0 bridgehead atoms. The summed E-state index contributed by atoms with van der Waals surface area (Å²) < 4.78 is 57.6. The Labute approximate surface area is 100 Å². The van der Waals surface area contributed by atoms with Gasteiger partial charge in [0.05, 0.1) is 0 Å². The molecule has 92 valence electrons. The van der Waals surface area contributed by atoms with Crippen LogP contribution in [0.1, 0.15) is 6.42 Å². The summed E-state index contributed by atoms with van der Waals surface area (Å²) in [7, 11) is -5.28. The van der Waals surface area contributed by atoms with Crippen LogP contribution in [0.5, 0.6) is 0 Å². The summed E-state index contributed by atoms with van der Waals surface area (Å²) in [5.74, 6) is 0. The number of sulfonamides is 1. The molecule has 0 aromatic carbocycles. The van der Waals surface area contributed by atoms with Crippen molar-refractivity contribution in [1.29, 1.82) is 0 Å². The van der Waals surface area contributed by atoms with Gasteiger partial charge in [0.1, 0.15) is 0 Å². The Morgan fingerprint density at radius 2 is 1.67 bits per heavy atom. The quantitative estimate of drug-likeness (QED) is 0.480. The summed E-state index contributed by atoms with van der Waals surface area (Å²) in [6, 6.07) is -2.80. The lowest BCUT2D eigenvalue weighted by Gasteiger charge is -2.10. The summed E-state index contributed by atoms with van der Waals surface area (Å²) in [6.45, 7) is -0.400. The van der Waals surface area contributed by atoms with Crippen molar-refractivity contribution in [3.8, 4) is 0 Å². The molecule has 0 aliphatic heterocycles. The van der Waals surface area contributed by atoms with E-state index in [0.29, 0.717) is 0 Å². The van der Waals surface area contributed by atoms with E-state index in [1.165, 1.54) is 4.72 Å². The van der Waals surface area contributed by atoms with Gasteiger partial charge in [0.2, 0.25) is 0 Å². The molecule has 0 unspecified atom stereocenters. The minimum absolute atomic E-state index is 0.0536. The van der Waals surface area contributed by atoms with Gasteiger partial charge in [-0.2, -0.15) is 13.2 Å². The lowest BCUT2D eigenvalue weighted by molar-refractivity contribution is -0.0447. The molecule has 0 radical (unpaired) electrons. The summed E-state index contributed by atoms with van der Waals surface area (Å²) >= 11 is 16.3. The van der Waals surface area contributed by atoms with Gasteiger partial charge >= 0.3 is 21.5 Å². The van der Waals surface area contributed by atoms with Crippen LogP contribution in [0.4, 0.5) is 13.2 Å². The van der Waals surface area contributed by atoms with Gasteiger partial charge in [0.15, 0.2) is 0 Å². The van der Waals surface area contributed by atoms with E-state index in [-0.39, 0.29) is 12.5 Å². The number of nitrogens with one attached hydrogen (secondary N) is 1. The van der Waals surface area contributed by atoms with Crippen LogP contribution in [0.2, 0.25) is 6.04 Å². The van der Waals surface area contributed by atoms with Crippen LogP contribution in [0, 0.1) is 0 Å². The second-order valence-corrected chi connectivity index (χ2v) is 13.6. The van der Waals surface area contributed by atoms with Gasteiger partial charge in [-0.25, -0.2) is 13.1 Å². The maximum atomic E-state index is 11.8. The van der Waals surface area contributed by atoms with Crippen molar-refractivity contribution < 1.29 is 21.6 Å². The molecule has 0 spiro atoms. The summed E-state index contributed by atoms with van der Waals surface area (Å²) in [6.07, 6.45) is 0.0536. The van der Waals surface area contributed by atoms with E-state index in [1.807, 2.05) is 0 Å². The largest absolute Gasteiger partial charge is 0.511 e. The van der Waals surface area contributed by atoms with Crippen molar-refractivity contribution in [2.24, 2.45) is 0 Å². The number of hydrogen-bond acceptors (Lipinski definition) is 2. The van der Waals surface area contributed by atoms with E-state index in [4.69, 9.17) is 33.2 Å². The van der Waals surface area contributed by atoms with Gasteiger partial charge in [-0.1, -0.05) is 0 Å². The van der Waals surface area contributed by atoms with Gasteiger partial charge < -0.3 is 0 Å². The molecule has 11 heteroatoms. The second-order valence-electron chi connectivity index (χ2n) is 2.56. The van der Waals surface area contributed by atoms with Crippen LogP contribution in [0.25, 0.3) is 0 Å². The third-order valence-electron chi connectivity index (χ3n) is 1.23. The maximum Gasteiger partial charge on any atom is 0.511 e. The summed E-state index contributed by atoms with van der Waals surface area (Å²) in [4.78, 5) is 0. The Balaban J connectivity index is 3.99. The first-order valence-electron chi connectivity index (χ1n) is 3.58. The fraction of sp³-hybridized carbons (Fsp3) is 1.00. The van der Waals surface area contributed by atoms with Crippen LogP contribution in [0.3, 0.4) is 0 Å². The van der Waals surface area contributed by atoms with Crippen molar-refractivity contribution in [1.82, 2.24) is 4.72 Å². The molecule has 0 saturated heterocycles. The molecule has 0 atom stereocenters. The molecule has 0 fully saturated rings. The number of alkyl halides is 3. The molecule has 3 nitrogen and oxygen atoms in total. The lowest BCUT2D eigenvalue weighted by atomic mass is 10.5. The topological polar surface area (TPSA) is 46.2 Å². The Hall–Kier alpha value is 0.787. The molecule has 0 saturated carbocycles. The van der Waals surface area contributed by atoms with Gasteiger partial charge in [-0.15, -0.1) is 33.2 Å². The van der Waals surface area contributed by atoms with Crippen molar-refractivity contribution in [2.45, 2.75) is 18.0 Å². The molecular formula is C4H7Cl3F3NO2SSi. The van der Waals surface area contributed by atoms with E-state index in [2.05, 4.69) is 0 Å². The number of rotatable bonds is 5. The lowest BCUT2D eigenvalue weighted by Crippen LogP contribution is -2.37. The van der Waals surface area contributed by atoms with Gasteiger partial charge in [-0.3, -0.25) is 0 Å². The molecular weight excluding hydrogens is 318 g/mol. The van der Waals surface area contributed by atoms with Crippen LogP contribution in [0.15, 0.2) is 0 Å². The zero-order valence-corrected chi connectivity index (χ0v) is 11.2. The third kappa shape index (κ3) is 6.85. The molecule has 15 heavy (non-hydrogen) atoms. The van der Waals surface area contributed by atoms with E-state index in [1.54, 1.807) is 0 Å². The minimum atomic E-state index is -5.30. The highest BCUT2D eigenvalue weighted by Gasteiger charge is 2.45. The fourth-order valence-electron chi connectivity index (χ4n) is 0.577. The van der Waals surface area contributed by atoms with Crippen LogP contribution < -0.4 is 4.72 Å². The average molecular weight is 325 g/mol. The second kappa shape index (κ2) is 5.41. The summed E-state index contributed by atoms with van der Waals surface area (Å²) in [5, 5.41) is 0. The standard InChI is InChI=1S/C4H7Cl3F3NO2SSi/c5-15(6,7)3-1-2-11-14(12,13)4(8,9)10/h11H,1-3H2. The van der Waals surface area contributed by atoms with E-state index >= 15 is 0 Å². The Bertz CT molecular complexity index is 301. The predicted molar refractivity (Wildman–Crippen MR) is 55.7 cm³/mol. The molecule has 0 aliphatic rings. The Morgan fingerprint density at radius 3 is 2.00 bits per heavy atom. The smallest absolute Gasteiger partial charge is 0.207 e. The monoisotopic (exact) mass is 323 g/mol. The Morgan fingerprint density at radius 1 is 1.20 bits per heavy atom. The highest BCUT2D eigenvalue weighted by Crippen LogP contribution is 2.26. The van der Waals surface area contributed by atoms with Crippen molar-refractivity contribution in [3.05, 3.63) is 0 Å². The average Bonchev–Trinajstić information content (AvgIpc) is 1.94. The molecule has 0 rings (SSSR count). The number of halogens is 6. The van der Waals surface area contributed by atoms with Gasteiger partial charge in [0.25, 0.3) is 0 Å². The van der Waals surface area contributed by atoms with Crippen LogP contribution in [-0.2, 0) is 10.0 Å². The maximum absolute atomic E-state index is 11.8. The normalized spacial score (nSPS) is 14.3. The first-order valence-corrected chi connectivity index (χ1v) is 10.3. The SMILES string of the molecule is O=S(=O)(NCCC[Si](Cl)(Cl)Cl)C(F)(F)F. The van der Waals surface area contributed by atoms with E-state index in [0.717, 1.165) is 0 Å². The molecule has 0 amide bonds. The van der Waals surface area contributed by atoms with E-state index in [9.17, 15) is 21.6 Å². The zero-order valence-electron chi connectivity index (χ0n) is 7.11. The number of hydrogen-bond donors (Lipinski definition) is 1. The van der Waals surface area contributed by atoms with Gasteiger partial charge in [-0.05, 0) is 12.5 Å². The molecule has 0 heterocycles. The molecule has 0 aromatic rings. The predicted octanol–water partition coefficient (Wildman–Crippen LogP) is 2.47. The third-order valence-corrected chi connectivity index (χ3v) is 5.05. The first-order chi connectivity index (χ1) is 6.46. The zero-order chi connectivity index (χ0) is 12.3. The molecule has 0 aliphatic carbocycles. The van der Waals surface area contributed by atoms with Crippen molar-refractivity contribution in [3.63, 3.8) is 0 Å². The highest BCUT2D eigenvalue weighted by atomic mass is 35.8. The summed E-state index contributed by atoms with van der Waals surface area (Å²) in [5.41, 5.74) is -5.30. The Kier molecular flexibility index (Phi) is 5.70. The van der Waals surface area contributed by atoms with E-state index < -0.39 is 28.1 Å². The highest BCUT2D eigenvalue weighted by molar-refractivity contribution is 7.90. The minimum Gasteiger partial charge on any atom is -0.207 e.